The Morgan fingerprint density at radius 2 is 2.00 bits per heavy atom. The standard InChI is InChI=1S/C19H22FN3O/c1-22-9-4-10-23(12-11-22)19(24)16-7-8-21-17(14-16)13-15-5-2-3-6-18(15)20/h2-3,5-8,14H,4,9-13H2,1H3. The maximum Gasteiger partial charge on any atom is 0.254 e. The molecule has 5 heteroatoms. The van der Waals surface area contributed by atoms with Crippen LogP contribution in [0.15, 0.2) is 42.6 Å². The van der Waals surface area contributed by atoms with E-state index in [0.29, 0.717) is 23.2 Å². The number of rotatable bonds is 3. The third kappa shape index (κ3) is 3.97. The third-order valence-corrected chi connectivity index (χ3v) is 4.40. The van der Waals surface area contributed by atoms with Crippen molar-refractivity contribution in [3.63, 3.8) is 0 Å². The van der Waals surface area contributed by atoms with Crippen LogP contribution in [0.4, 0.5) is 4.39 Å². The average molecular weight is 327 g/mol. The van der Waals surface area contributed by atoms with E-state index in [-0.39, 0.29) is 11.7 Å². The summed E-state index contributed by atoms with van der Waals surface area (Å²) in [7, 11) is 2.08. The van der Waals surface area contributed by atoms with Crippen LogP contribution >= 0.6 is 0 Å². The molecule has 0 unspecified atom stereocenters. The van der Waals surface area contributed by atoms with Crippen LogP contribution in [0.3, 0.4) is 0 Å². The van der Waals surface area contributed by atoms with Gasteiger partial charge in [0.2, 0.25) is 0 Å². The Bertz CT molecular complexity index is 719. The molecule has 0 saturated carbocycles. The van der Waals surface area contributed by atoms with E-state index in [2.05, 4.69) is 16.9 Å². The highest BCUT2D eigenvalue weighted by Crippen LogP contribution is 2.14. The highest BCUT2D eigenvalue weighted by atomic mass is 19.1. The van der Waals surface area contributed by atoms with E-state index in [0.717, 1.165) is 32.6 Å². The van der Waals surface area contributed by atoms with Gasteiger partial charge in [-0.25, -0.2) is 4.39 Å². The molecular formula is C19H22FN3O. The van der Waals surface area contributed by atoms with E-state index in [4.69, 9.17) is 0 Å². The number of amides is 1. The number of pyridine rings is 1. The molecule has 1 saturated heterocycles. The zero-order valence-electron chi connectivity index (χ0n) is 13.9. The van der Waals surface area contributed by atoms with Gasteiger partial charge in [0.15, 0.2) is 0 Å². The zero-order valence-corrected chi connectivity index (χ0v) is 13.9. The minimum absolute atomic E-state index is 0.0301. The second kappa shape index (κ2) is 7.53. The number of carbonyl (C=O) groups excluding carboxylic acids is 1. The predicted molar refractivity (Wildman–Crippen MR) is 91.5 cm³/mol. The maximum absolute atomic E-state index is 13.8. The Morgan fingerprint density at radius 3 is 2.83 bits per heavy atom. The summed E-state index contributed by atoms with van der Waals surface area (Å²) in [4.78, 5) is 21.2. The number of hydrogen-bond donors (Lipinski definition) is 0. The van der Waals surface area contributed by atoms with Gasteiger partial charge in [-0.15, -0.1) is 0 Å². The van der Waals surface area contributed by atoms with Crippen LogP contribution in [0.1, 0.15) is 28.0 Å². The lowest BCUT2D eigenvalue weighted by molar-refractivity contribution is 0.0762. The van der Waals surface area contributed by atoms with Gasteiger partial charge in [0, 0.05) is 43.5 Å². The van der Waals surface area contributed by atoms with Crippen molar-refractivity contribution in [1.29, 1.82) is 0 Å². The highest BCUT2D eigenvalue weighted by molar-refractivity contribution is 5.94. The van der Waals surface area contributed by atoms with E-state index < -0.39 is 0 Å². The quantitative estimate of drug-likeness (QED) is 0.869. The van der Waals surface area contributed by atoms with Crippen LogP contribution in [-0.2, 0) is 6.42 Å². The van der Waals surface area contributed by atoms with E-state index in [9.17, 15) is 9.18 Å². The molecule has 1 aliphatic heterocycles. The van der Waals surface area contributed by atoms with Crippen LogP contribution in [0, 0.1) is 5.82 Å². The molecular weight excluding hydrogens is 305 g/mol. The van der Waals surface area contributed by atoms with Gasteiger partial charge in [0.1, 0.15) is 5.82 Å². The number of aromatic nitrogens is 1. The summed E-state index contributed by atoms with van der Waals surface area (Å²) in [6.07, 6.45) is 3.00. The van der Waals surface area contributed by atoms with Crippen molar-refractivity contribution >= 4 is 5.91 Å². The number of nitrogens with zero attached hydrogens (tertiary/aromatic N) is 3. The molecule has 1 fully saturated rings. The lowest BCUT2D eigenvalue weighted by Gasteiger charge is -2.20. The van der Waals surface area contributed by atoms with E-state index in [1.165, 1.54) is 6.07 Å². The molecule has 0 atom stereocenters. The van der Waals surface area contributed by atoms with Crippen molar-refractivity contribution in [2.45, 2.75) is 12.8 Å². The Labute approximate surface area is 141 Å². The Kier molecular flexibility index (Phi) is 5.20. The van der Waals surface area contributed by atoms with Crippen LogP contribution in [-0.4, -0.2) is 53.9 Å². The van der Waals surface area contributed by atoms with Gasteiger partial charge in [-0.3, -0.25) is 9.78 Å². The van der Waals surface area contributed by atoms with Crippen LogP contribution in [0.25, 0.3) is 0 Å². The lowest BCUT2D eigenvalue weighted by atomic mass is 10.1. The maximum atomic E-state index is 13.8. The predicted octanol–water partition coefficient (Wildman–Crippen LogP) is 2.59. The largest absolute Gasteiger partial charge is 0.337 e. The van der Waals surface area contributed by atoms with Gasteiger partial charge in [-0.1, -0.05) is 18.2 Å². The molecule has 1 aromatic carbocycles. The summed E-state index contributed by atoms with van der Waals surface area (Å²) in [5, 5.41) is 0. The molecule has 0 radical (unpaired) electrons. The Balaban J connectivity index is 1.75. The third-order valence-electron chi connectivity index (χ3n) is 4.40. The molecule has 0 N–H and O–H groups in total. The summed E-state index contributed by atoms with van der Waals surface area (Å²) in [5.74, 6) is -0.214. The topological polar surface area (TPSA) is 36.4 Å². The lowest BCUT2D eigenvalue weighted by Crippen LogP contribution is -2.34. The van der Waals surface area contributed by atoms with Gasteiger partial charge < -0.3 is 9.80 Å². The van der Waals surface area contributed by atoms with Crippen molar-refractivity contribution in [3.05, 3.63) is 65.2 Å². The fraction of sp³-hybridized carbons (Fsp3) is 0.368. The fourth-order valence-corrected chi connectivity index (χ4v) is 2.98. The molecule has 2 heterocycles. The average Bonchev–Trinajstić information content (AvgIpc) is 2.81. The van der Waals surface area contributed by atoms with Gasteiger partial charge in [-0.2, -0.15) is 0 Å². The number of benzene rings is 1. The molecule has 3 rings (SSSR count). The fourth-order valence-electron chi connectivity index (χ4n) is 2.98. The molecule has 0 bridgehead atoms. The molecule has 0 aliphatic carbocycles. The summed E-state index contributed by atoms with van der Waals surface area (Å²) in [6, 6.07) is 10.2. The van der Waals surface area contributed by atoms with Crippen molar-refractivity contribution < 1.29 is 9.18 Å². The van der Waals surface area contributed by atoms with Crippen molar-refractivity contribution in [3.8, 4) is 0 Å². The minimum Gasteiger partial charge on any atom is -0.337 e. The zero-order chi connectivity index (χ0) is 16.9. The van der Waals surface area contributed by atoms with Crippen molar-refractivity contribution in [2.75, 3.05) is 33.2 Å². The number of likely N-dealkylation sites (N-methyl/N-ethyl adjacent to an activating group) is 1. The first-order valence-corrected chi connectivity index (χ1v) is 8.29. The first-order valence-electron chi connectivity index (χ1n) is 8.29. The van der Waals surface area contributed by atoms with Gasteiger partial charge >= 0.3 is 0 Å². The van der Waals surface area contributed by atoms with Crippen molar-refractivity contribution in [1.82, 2.24) is 14.8 Å². The smallest absolute Gasteiger partial charge is 0.254 e. The van der Waals surface area contributed by atoms with Crippen LogP contribution in [0.2, 0.25) is 0 Å². The minimum atomic E-state index is -0.244. The van der Waals surface area contributed by atoms with Crippen molar-refractivity contribution in [2.24, 2.45) is 0 Å². The van der Waals surface area contributed by atoms with Gasteiger partial charge in [-0.05, 0) is 43.8 Å². The highest BCUT2D eigenvalue weighted by Gasteiger charge is 2.19. The summed E-state index contributed by atoms with van der Waals surface area (Å²) in [5.41, 5.74) is 1.92. The Morgan fingerprint density at radius 1 is 1.17 bits per heavy atom. The van der Waals surface area contributed by atoms with Gasteiger partial charge in [0.25, 0.3) is 5.91 Å². The normalized spacial score (nSPS) is 16.0. The molecule has 1 aliphatic rings. The Hall–Kier alpha value is -2.27. The SMILES string of the molecule is CN1CCCN(C(=O)c2ccnc(Cc3ccccc3F)c2)CC1. The molecule has 1 amide bonds. The summed E-state index contributed by atoms with van der Waals surface area (Å²) < 4.78 is 13.8. The summed E-state index contributed by atoms with van der Waals surface area (Å²) in [6.45, 7) is 3.41. The first kappa shape index (κ1) is 16.6. The van der Waals surface area contributed by atoms with Gasteiger partial charge in [0.05, 0.1) is 0 Å². The number of carbonyl (C=O) groups is 1. The molecule has 1 aromatic heterocycles. The molecule has 2 aromatic rings. The second-order valence-corrected chi connectivity index (χ2v) is 6.25. The first-order chi connectivity index (χ1) is 11.6. The molecule has 126 valence electrons. The monoisotopic (exact) mass is 327 g/mol. The van der Waals surface area contributed by atoms with Crippen LogP contribution < -0.4 is 0 Å². The molecule has 0 spiro atoms. The number of halogens is 1. The van der Waals surface area contributed by atoms with E-state index >= 15 is 0 Å². The second-order valence-electron chi connectivity index (χ2n) is 6.25. The van der Waals surface area contributed by atoms with E-state index in [1.54, 1.807) is 36.5 Å². The van der Waals surface area contributed by atoms with Crippen LogP contribution in [0.5, 0.6) is 0 Å². The van der Waals surface area contributed by atoms with E-state index in [1.807, 2.05) is 4.90 Å². The molecule has 24 heavy (non-hydrogen) atoms. The summed E-state index contributed by atoms with van der Waals surface area (Å²) >= 11 is 0. The number of hydrogen-bond acceptors (Lipinski definition) is 3. The molecule has 4 nitrogen and oxygen atoms in total.